The molecule has 1 N–H and O–H groups in total. The van der Waals surface area contributed by atoms with Crippen molar-refractivity contribution in [1.82, 2.24) is 4.98 Å². The number of carbonyl (C=O) groups excluding carboxylic acids is 1. The molecule has 88 valence electrons. The van der Waals surface area contributed by atoms with Gasteiger partial charge in [-0.25, -0.2) is 9.37 Å². The molecule has 0 aliphatic carbocycles. The van der Waals surface area contributed by atoms with Crippen LogP contribution in [0.5, 0.6) is 0 Å². The number of halogens is 3. The van der Waals surface area contributed by atoms with Crippen LogP contribution in [0.2, 0.25) is 0 Å². The lowest BCUT2D eigenvalue weighted by Crippen LogP contribution is -2.14. The minimum Gasteiger partial charge on any atom is -0.298 e. The van der Waals surface area contributed by atoms with Crippen molar-refractivity contribution < 1.29 is 9.18 Å². The van der Waals surface area contributed by atoms with Crippen LogP contribution >= 0.6 is 43.2 Å². The molecule has 2 aromatic rings. The van der Waals surface area contributed by atoms with Crippen LogP contribution in [0.15, 0.2) is 32.7 Å². The van der Waals surface area contributed by atoms with Gasteiger partial charge in [0.05, 0.1) is 15.5 Å². The molecule has 0 aliphatic heterocycles. The summed E-state index contributed by atoms with van der Waals surface area (Å²) in [6.07, 6.45) is 1.57. The molecule has 1 heterocycles. The highest BCUT2D eigenvalue weighted by atomic mass is 79.9. The average Bonchev–Trinajstić information content (AvgIpc) is 2.63. The van der Waals surface area contributed by atoms with Crippen LogP contribution in [-0.2, 0) is 0 Å². The topological polar surface area (TPSA) is 42.0 Å². The van der Waals surface area contributed by atoms with Crippen molar-refractivity contribution in [1.29, 1.82) is 0 Å². The van der Waals surface area contributed by atoms with E-state index < -0.39 is 11.7 Å². The van der Waals surface area contributed by atoms with Crippen LogP contribution in [-0.4, -0.2) is 10.9 Å². The van der Waals surface area contributed by atoms with E-state index >= 15 is 0 Å². The molecule has 2 rings (SSSR count). The summed E-state index contributed by atoms with van der Waals surface area (Å²) in [6, 6.07) is 4.36. The van der Waals surface area contributed by atoms with Gasteiger partial charge in [-0.05, 0) is 44.0 Å². The van der Waals surface area contributed by atoms with Gasteiger partial charge in [0, 0.05) is 4.47 Å². The van der Waals surface area contributed by atoms with Gasteiger partial charge in [-0.15, -0.1) is 0 Å². The molecule has 3 nitrogen and oxygen atoms in total. The summed E-state index contributed by atoms with van der Waals surface area (Å²) < 4.78 is 14.7. The lowest BCUT2D eigenvalue weighted by atomic mass is 10.2. The fourth-order valence-electron chi connectivity index (χ4n) is 1.19. The average molecular weight is 380 g/mol. The van der Waals surface area contributed by atoms with Gasteiger partial charge < -0.3 is 0 Å². The third-order valence-corrected chi connectivity index (χ3v) is 3.94. The van der Waals surface area contributed by atoms with E-state index in [1.807, 2.05) is 0 Å². The Balaban J connectivity index is 2.26. The first-order valence-corrected chi connectivity index (χ1v) is 6.85. The zero-order valence-electron chi connectivity index (χ0n) is 8.21. The van der Waals surface area contributed by atoms with Gasteiger partial charge in [0.1, 0.15) is 5.82 Å². The van der Waals surface area contributed by atoms with Crippen LogP contribution in [0, 0.1) is 5.82 Å². The Bertz CT molecular complexity index is 553. The van der Waals surface area contributed by atoms with Gasteiger partial charge in [0.2, 0.25) is 0 Å². The number of amides is 1. The number of thiazole rings is 1. The number of nitrogens with one attached hydrogen (secondary N) is 1. The lowest BCUT2D eigenvalue weighted by molar-refractivity contribution is 0.102. The van der Waals surface area contributed by atoms with Gasteiger partial charge in [-0.2, -0.15) is 0 Å². The van der Waals surface area contributed by atoms with Crippen LogP contribution in [0.25, 0.3) is 0 Å². The Morgan fingerprint density at radius 3 is 2.76 bits per heavy atom. The largest absolute Gasteiger partial charge is 0.298 e. The molecule has 1 amide bonds. The first-order chi connectivity index (χ1) is 8.08. The van der Waals surface area contributed by atoms with Crippen molar-refractivity contribution in [3.63, 3.8) is 0 Å². The summed E-state index contributed by atoms with van der Waals surface area (Å²) in [6.45, 7) is 0. The molecule has 17 heavy (non-hydrogen) atoms. The number of benzene rings is 1. The smallest absolute Gasteiger partial charge is 0.261 e. The van der Waals surface area contributed by atoms with Gasteiger partial charge >= 0.3 is 0 Å². The number of rotatable bonds is 2. The molecular formula is C10H5Br2FN2OS. The maximum atomic E-state index is 13.5. The van der Waals surface area contributed by atoms with E-state index in [9.17, 15) is 9.18 Å². The zero-order chi connectivity index (χ0) is 12.4. The standard InChI is InChI=1S/C10H5Br2FN2OS/c11-5-2-1-3-6(13)8(5)9(16)15-10-14-4-7(12)17-10/h1-4H,(H,14,15,16). The Kier molecular flexibility index (Phi) is 3.90. The van der Waals surface area contributed by atoms with E-state index in [0.29, 0.717) is 9.60 Å². The van der Waals surface area contributed by atoms with Gasteiger partial charge in [0.15, 0.2) is 5.13 Å². The Morgan fingerprint density at radius 1 is 1.41 bits per heavy atom. The molecule has 0 unspecified atom stereocenters. The van der Waals surface area contributed by atoms with Crippen molar-refractivity contribution >= 4 is 54.2 Å². The van der Waals surface area contributed by atoms with Gasteiger partial charge in [-0.1, -0.05) is 17.4 Å². The Morgan fingerprint density at radius 2 is 2.18 bits per heavy atom. The second kappa shape index (κ2) is 5.24. The number of hydrogen-bond acceptors (Lipinski definition) is 3. The summed E-state index contributed by atoms with van der Waals surface area (Å²) in [5.74, 6) is -1.11. The third-order valence-electron chi connectivity index (χ3n) is 1.89. The molecule has 7 heteroatoms. The van der Waals surface area contributed by atoms with Crippen LogP contribution in [0.4, 0.5) is 9.52 Å². The maximum absolute atomic E-state index is 13.5. The maximum Gasteiger partial charge on any atom is 0.261 e. The van der Waals surface area contributed by atoms with E-state index in [-0.39, 0.29) is 5.56 Å². The summed E-state index contributed by atoms with van der Waals surface area (Å²) in [5.41, 5.74) is -0.0289. The predicted molar refractivity (Wildman–Crippen MR) is 71.9 cm³/mol. The monoisotopic (exact) mass is 378 g/mol. The highest BCUT2D eigenvalue weighted by Gasteiger charge is 2.16. The van der Waals surface area contributed by atoms with Gasteiger partial charge in [0.25, 0.3) is 5.91 Å². The minimum absolute atomic E-state index is 0.0289. The molecule has 0 spiro atoms. The van der Waals surface area contributed by atoms with Crippen molar-refractivity contribution in [2.45, 2.75) is 0 Å². The first kappa shape index (κ1) is 12.7. The molecule has 0 radical (unpaired) electrons. The number of anilines is 1. The predicted octanol–water partition coefficient (Wildman–Crippen LogP) is 4.06. The van der Waals surface area contributed by atoms with Crippen molar-refractivity contribution in [3.05, 3.63) is 44.0 Å². The number of carbonyl (C=O) groups is 1. The quantitative estimate of drug-likeness (QED) is 0.854. The van der Waals surface area contributed by atoms with E-state index in [2.05, 4.69) is 42.2 Å². The molecular weight excluding hydrogens is 375 g/mol. The molecule has 0 saturated carbocycles. The second-order valence-corrected chi connectivity index (χ2v) is 6.28. The van der Waals surface area contributed by atoms with Crippen LogP contribution in [0.1, 0.15) is 10.4 Å². The van der Waals surface area contributed by atoms with E-state index in [1.165, 1.54) is 23.5 Å². The number of aromatic nitrogens is 1. The second-order valence-electron chi connectivity index (χ2n) is 3.02. The number of nitrogens with zero attached hydrogens (tertiary/aromatic N) is 1. The molecule has 1 aromatic heterocycles. The summed E-state index contributed by atoms with van der Waals surface area (Å²) in [5, 5.41) is 2.94. The molecule has 0 saturated heterocycles. The third kappa shape index (κ3) is 2.91. The van der Waals surface area contributed by atoms with Crippen LogP contribution in [0.3, 0.4) is 0 Å². The van der Waals surface area contributed by atoms with E-state index in [1.54, 1.807) is 12.3 Å². The zero-order valence-corrected chi connectivity index (χ0v) is 12.2. The summed E-state index contributed by atoms with van der Waals surface area (Å²) in [4.78, 5) is 15.8. The first-order valence-electron chi connectivity index (χ1n) is 4.44. The fraction of sp³-hybridized carbons (Fsp3) is 0. The van der Waals surface area contributed by atoms with E-state index in [4.69, 9.17) is 0 Å². The Hall–Kier alpha value is -0.790. The van der Waals surface area contributed by atoms with E-state index in [0.717, 1.165) is 3.79 Å². The van der Waals surface area contributed by atoms with Crippen molar-refractivity contribution in [2.75, 3.05) is 5.32 Å². The molecule has 0 aliphatic rings. The lowest BCUT2D eigenvalue weighted by Gasteiger charge is -2.04. The highest BCUT2D eigenvalue weighted by molar-refractivity contribution is 9.11. The molecule has 0 fully saturated rings. The normalized spacial score (nSPS) is 10.3. The van der Waals surface area contributed by atoms with Crippen LogP contribution < -0.4 is 5.32 Å². The fourth-order valence-corrected chi connectivity index (χ4v) is 2.81. The molecule has 0 atom stereocenters. The minimum atomic E-state index is -0.576. The highest BCUT2D eigenvalue weighted by Crippen LogP contribution is 2.25. The number of hydrogen-bond donors (Lipinski definition) is 1. The molecule has 0 bridgehead atoms. The SMILES string of the molecule is O=C(Nc1ncc(Br)s1)c1c(F)cccc1Br. The summed E-state index contributed by atoms with van der Waals surface area (Å²) >= 11 is 7.63. The van der Waals surface area contributed by atoms with Crippen molar-refractivity contribution in [3.8, 4) is 0 Å². The van der Waals surface area contributed by atoms with Gasteiger partial charge in [-0.3, -0.25) is 10.1 Å². The molecule has 1 aromatic carbocycles. The summed E-state index contributed by atoms with van der Waals surface area (Å²) in [7, 11) is 0. The van der Waals surface area contributed by atoms with Crippen molar-refractivity contribution in [2.24, 2.45) is 0 Å². The Labute approximate surface area is 117 Å².